The number of carboxylic acids is 1. The summed E-state index contributed by atoms with van der Waals surface area (Å²) in [6.45, 7) is 0. The SMILES string of the molecule is NC(=O)OC=CCC#CC(=O)O. The maximum Gasteiger partial charge on any atom is 0.409 e. The number of nitrogens with two attached hydrogens (primary N) is 1. The monoisotopic (exact) mass is 169 g/mol. The molecule has 0 rings (SSSR count). The van der Waals surface area contributed by atoms with Crippen LogP contribution in [0.5, 0.6) is 0 Å². The molecule has 0 radical (unpaired) electrons. The van der Waals surface area contributed by atoms with Crippen molar-refractivity contribution in [2.24, 2.45) is 5.73 Å². The number of aliphatic carboxylic acids is 1. The highest BCUT2D eigenvalue weighted by atomic mass is 16.5. The van der Waals surface area contributed by atoms with Gasteiger partial charge in [0.15, 0.2) is 0 Å². The van der Waals surface area contributed by atoms with E-state index in [-0.39, 0.29) is 6.42 Å². The van der Waals surface area contributed by atoms with E-state index >= 15 is 0 Å². The van der Waals surface area contributed by atoms with Crippen LogP contribution >= 0.6 is 0 Å². The first-order chi connectivity index (χ1) is 5.63. The van der Waals surface area contributed by atoms with Crippen LogP contribution < -0.4 is 5.73 Å². The van der Waals surface area contributed by atoms with Gasteiger partial charge in [0.1, 0.15) is 0 Å². The molecular formula is C7H7NO4. The van der Waals surface area contributed by atoms with Crippen LogP contribution in [0.15, 0.2) is 12.3 Å². The van der Waals surface area contributed by atoms with Crippen LogP contribution in [0.2, 0.25) is 0 Å². The summed E-state index contributed by atoms with van der Waals surface area (Å²) in [5.74, 6) is 2.97. The summed E-state index contributed by atoms with van der Waals surface area (Å²) in [7, 11) is 0. The predicted octanol–water partition coefficient (Wildman–Crippen LogP) is 0.0735. The first-order valence-electron chi connectivity index (χ1n) is 2.96. The molecule has 0 aliphatic rings. The lowest BCUT2D eigenvalue weighted by Gasteiger charge is -1.86. The van der Waals surface area contributed by atoms with E-state index in [1.54, 1.807) is 0 Å². The Bertz CT molecular complexity index is 258. The van der Waals surface area contributed by atoms with Crippen LogP contribution in [0.25, 0.3) is 0 Å². The lowest BCUT2D eigenvalue weighted by Crippen LogP contribution is -2.08. The Kier molecular flexibility index (Phi) is 4.85. The molecule has 0 aliphatic carbocycles. The molecule has 0 atom stereocenters. The summed E-state index contributed by atoms with van der Waals surface area (Å²) in [6.07, 6.45) is 1.71. The first kappa shape index (κ1) is 10.0. The Morgan fingerprint density at radius 1 is 1.58 bits per heavy atom. The standard InChI is InChI=1S/C7H7NO4/c8-7(11)12-5-3-1-2-4-6(9)10/h3,5H,1H2,(H2,8,11)(H,9,10). The summed E-state index contributed by atoms with van der Waals surface area (Å²) >= 11 is 0. The second-order valence-electron chi connectivity index (χ2n) is 1.62. The average Bonchev–Trinajstić information content (AvgIpc) is 1.95. The summed E-state index contributed by atoms with van der Waals surface area (Å²) in [5.41, 5.74) is 4.61. The van der Waals surface area contributed by atoms with Gasteiger partial charge in [0.05, 0.1) is 6.26 Å². The van der Waals surface area contributed by atoms with Gasteiger partial charge in [0, 0.05) is 12.3 Å². The molecule has 0 bridgehead atoms. The molecular weight excluding hydrogens is 162 g/mol. The van der Waals surface area contributed by atoms with E-state index in [0.29, 0.717) is 0 Å². The van der Waals surface area contributed by atoms with E-state index in [0.717, 1.165) is 6.26 Å². The largest absolute Gasteiger partial charge is 0.472 e. The third-order valence-corrected chi connectivity index (χ3v) is 0.696. The average molecular weight is 169 g/mol. The normalized spacial score (nSPS) is 8.67. The van der Waals surface area contributed by atoms with Crippen molar-refractivity contribution in [2.45, 2.75) is 6.42 Å². The van der Waals surface area contributed by atoms with Gasteiger partial charge >= 0.3 is 12.1 Å². The van der Waals surface area contributed by atoms with Gasteiger partial charge in [-0.05, 0) is 6.08 Å². The Labute approximate surface area is 68.8 Å². The van der Waals surface area contributed by atoms with Crippen molar-refractivity contribution in [1.82, 2.24) is 0 Å². The molecule has 0 unspecified atom stereocenters. The minimum atomic E-state index is -1.20. The molecule has 0 fully saturated rings. The smallest absolute Gasteiger partial charge is 0.409 e. The number of allylic oxidation sites excluding steroid dienone is 1. The van der Waals surface area contributed by atoms with Crippen LogP contribution in [-0.4, -0.2) is 17.2 Å². The lowest BCUT2D eigenvalue weighted by atomic mass is 10.4. The molecule has 0 aromatic carbocycles. The fourth-order valence-corrected chi connectivity index (χ4v) is 0.349. The Morgan fingerprint density at radius 3 is 2.75 bits per heavy atom. The van der Waals surface area contributed by atoms with Gasteiger partial charge in [0.25, 0.3) is 0 Å². The number of primary amides is 1. The van der Waals surface area contributed by atoms with E-state index in [4.69, 9.17) is 5.11 Å². The van der Waals surface area contributed by atoms with E-state index in [2.05, 4.69) is 16.4 Å². The van der Waals surface area contributed by atoms with Gasteiger partial charge in [-0.15, -0.1) is 0 Å². The summed E-state index contributed by atoms with van der Waals surface area (Å²) in [5, 5.41) is 8.06. The molecule has 3 N–H and O–H groups in total. The zero-order chi connectivity index (χ0) is 9.40. The van der Waals surface area contributed by atoms with Gasteiger partial charge in [-0.25, -0.2) is 9.59 Å². The van der Waals surface area contributed by atoms with E-state index in [1.807, 2.05) is 5.92 Å². The van der Waals surface area contributed by atoms with E-state index in [1.165, 1.54) is 6.08 Å². The molecule has 12 heavy (non-hydrogen) atoms. The molecule has 1 amide bonds. The fraction of sp³-hybridized carbons (Fsp3) is 0.143. The number of ether oxygens (including phenoxy) is 1. The van der Waals surface area contributed by atoms with Crippen molar-refractivity contribution >= 4 is 12.1 Å². The highest BCUT2D eigenvalue weighted by molar-refractivity contribution is 5.86. The maximum atomic E-state index is 9.96. The molecule has 5 nitrogen and oxygen atoms in total. The van der Waals surface area contributed by atoms with Crippen molar-refractivity contribution in [3.63, 3.8) is 0 Å². The second kappa shape index (κ2) is 5.80. The van der Waals surface area contributed by atoms with Crippen molar-refractivity contribution in [2.75, 3.05) is 0 Å². The number of carbonyl (C=O) groups excluding carboxylic acids is 1. The van der Waals surface area contributed by atoms with Gasteiger partial charge in [-0.3, -0.25) is 0 Å². The van der Waals surface area contributed by atoms with E-state index < -0.39 is 12.1 Å². The Hall–Kier alpha value is -1.96. The fourth-order valence-electron chi connectivity index (χ4n) is 0.349. The summed E-state index contributed by atoms with van der Waals surface area (Å²) in [6, 6.07) is 0. The minimum absolute atomic E-state index is 0.194. The van der Waals surface area contributed by atoms with Crippen molar-refractivity contribution < 1.29 is 19.4 Å². The van der Waals surface area contributed by atoms with E-state index in [9.17, 15) is 9.59 Å². The maximum absolute atomic E-state index is 9.96. The summed E-state index contributed by atoms with van der Waals surface area (Å²) < 4.78 is 4.19. The molecule has 0 saturated heterocycles. The summed E-state index contributed by atoms with van der Waals surface area (Å²) in [4.78, 5) is 19.8. The molecule has 0 aromatic rings. The molecule has 0 aliphatic heterocycles. The molecule has 0 spiro atoms. The number of carbonyl (C=O) groups is 2. The number of rotatable bonds is 2. The van der Waals surface area contributed by atoms with Crippen LogP contribution in [0.4, 0.5) is 4.79 Å². The third kappa shape index (κ3) is 8.04. The Morgan fingerprint density at radius 2 is 2.25 bits per heavy atom. The highest BCUT2D eigenvalue weighted by Gasteiger charge is 1.84. The topological polar surface area (TPSA) is 89.6 Å². The molecule has 0 heterocycles. The zero-order valence-corrected chi connectivity index (χ0v) is 6.11. The van der Waals surface area contributed by atoms with Gasteiger partial charge < -0.3 is 15.6 Å². The van der Waals surface area contributed by atoms with Gasteiger partial charge in [-0.2, -0.15) is 0 Å². The molecule has 64 valence electrons. The molecule has 0 aromatic heterocycles. The lowest BCUT2D eigenvalue weighted by molar-refractivity contribution is -0.130. The van der Waals surface area contributed by atoms with Gasteiger partial charge in [-0.1, -0.05) is 5.92 Å². The first-order valence-corrected chi connectivity index (χ1v) is 2.96. The predicted molar refractivity (Wildman–Crippen MR) is 39.8 cm³/mol. The van der Waals surface area contributed by atoms with Crippen molar-refractivity contribution in [3.8, 4) is 11.8 Å². The molecule has 0 saturated carbocycles. The third-order valence-electron chi connectivity index (χ3n) is 0.696. The van der Waals surface area contributed by atoms with Crippen LogP contribution in [-0.2, 0) is 9.53 Å². The van der Waals surface area contributed by atoms with Crippen LogP contribution in [0.3, 0.4) is 0 Å². The number of carboxylic acid groups (broad SMARTS) is 1. The van der Waals surface area contributed by atoms with Crippen molar-refractivity contribution in [3.05, 3.63) is 12.3 Å². The van der Waals surface area contributed by atoms with Crippen LogP contribution in [0.1, 0.15) is 6.42 Å². The molecule has 5 heteroatoms. The second-order valence-corrected chi connectivity index (χ2v) is 1.62. The Balaban J connectivity index is 3.57. The zero-order valence-electron chi connectivity index (χ0n) is 6.11. The van der Waals surface area contributed by atoms with Crippen LogP contribution in [0, 0.1) is 11.8 Å². The van der Waals surface area contributed by atoms with Gasteiger partial charge in [0.2, 0.25) is 0 Å². The van der Waals surface area contributed by atoms with Crippen molar-refractivity contribution in [1.29, 1.82) is 0 Å². The minimum Gasteiger partial charge on any atom is -0.472 e. The number of hydrogen-bond donors (Lipinski definition) is 2. The highest BCUT2D eigenvalue weighted by Crippen LogP contribution is 1.81. The number of amides is 1. The quantitative estimate of drug-likeness (QED) is 0.452. The number of hydrogen-bond acceptors (Lipinski definition) is 3.